The van der Waals surface area contributed by atoms with Crippen molar-refractivity contribution in [1.29, 1.82) is 0 Å². The van der Waals surface area contributed by atoms with Crippen LogP contribution >= 0.6 is 0 Å². The highest BCUT2D eigenvalue weighted by molar-refractivity contribution is 7.90. The molecule has 1 aliphatic heterocycles. The van der Waals surface area contributed by atoms with E-state index >= 15 is 0 Å². The van der Waals surface area contributed by atoms with Crippen LogP contribution in [0.2, 0.25) is 0 Å². The summed E-state index contributed by atoms with van der Waals surface area (Å²) >= 11 is 0. The summed E-state index contributed by atoms with van der Waals surface area (Å²) < 4.78 is 122. The third-order valence-electron chi connectivity index (χ3n) is 10.5. The molecule has 6 rings (SSSR count). The first-order valence-electron chi connectivity index (χ1n) is 19.2. The Bertz CT molecular complexity index is 2660. The smallest absolute Gasteiger partial charge is 0.207 e. The molecule has 0 N–H and O–H groups in total. The van der Waals surface area contributed by atoms with Gasteiger partial charge in [0.1, 0.15) is 0 Å². The van der Waals surface area contributed by atoms with E-state index in [2.05, 4.69) is 0 Å². The molecular weight excluding hydrogens is 829 g/mol. The summed E-state index contributed by atoms with van der Waals surface area (Å²) in [7, 11) is -17.4. The van der Waals surface area contributed by atoms with E-state index < -0.39 is 46.1 Å². The summed E-state index contributed by atoms with van der Waals surface area (Å²) in [5, 5.41) is 0. The molecule has 1 atom stereocenters. The maximum absolute atomic E-state index is 14.9. The lowest BCUT2D eigenvalue weighted by Crippen LogP contribution is -2.54. The average Bonchev–Trinajstić information content (AvgIpc) is 3.19. The van der Waals surface area contributed by atoms with Crippen LogP contribution < -0.4 is 0 Å². The Morgan fingerprint density at radius 2 is 0.695 bits per heavy atom. The van der Waals surface area contributed by atoms with Crippen molar-refractivity contribution in [3.63, 3.8) is 0 Å². The van der Waals surface area contributed by atoms with Gasteiger partial charge < -0.3 is 0 Å². The van der Waals surface area contributed by atoms with Crippen molar-refractivity contribution in [1.82, 2.24) is 17.2 Å². The van der Waals surface area contributed by atoms with Gasteiger partial charge in [0.2, 0.25) is 40.1 Å². The zero-order chi connectivity index (χ0) is 42.6. The van der Waals surface area contributed by atoms with E-state index in [1.54, 1.807) is 60.7 Å². The molecule has 0 amide bonds. The Morgan fingerprint density at radius 3 is 1.07 bits per heavy atom. The first-order chi connectivity index (χ1) is 27.9. The highest BCUT2D eigenvalue weighted by Gasteiger charge is 2.39. The Kier molecular flexibility index (Phi) is 13.6. The Balaban J connectivity index is 1.54. The van der Waals surface area contributed by atoms with Crippen LogP contribution in [0.25, 0.3) is 0 Å². The SMILES string of the molecule is Cc1ccc(S(=O)(=O)N2CCN(S(=O)(=O)c3ccc(C)cc3)CCN(S(=O)(=O)c3ccc(C)cc3)[C@H](Cc3ccccc3)CN(S(=O)(=O)c3ccc(C)cc3)CC2)cc1. The van der Waals surface area contributed by atoms with Gasteiger partial charge in [-0.15, -0.1) is 0 Å². The van der Waals surface area contributed by atoms with Crippen LogP contribution in [-0.4, -0.2) is 103 Å². The third-order valence-corrected chi connectivity index (χ3v) is 18.2. The second kappa shape index (κ2) is 18.2. The first kappa shape index (κ1) is 44.3. The van der Waals surface area contributed by atoms with E-state index in [0.29, 0.717) is 5.56 Å². The minimum Gasteiger partial charge on any atom is -0.207 e. The Morgan fingerprint density at radius 1 is 0.390 bits per heavy atom. The van der Waals surface area contributed by atoms with Gasteiger partial charge in [-0.2, -0.15) is 17.2 Å². The quantitative estimate of drug-likeness (QED) is 0.176. The van der Waals surface area contributed by atoms with Crippen LogP contribution in [0.5, 0.6) is 0 Å². The van der Waals surface area contributed by atoms with Crippen LogP contribution in [0.1, 0.15) is 27.8 Å². The maximum atomic E-state index is 14.9. The topological polar surface area (TPSA) is 150 Å². The van der Waals surface area contributed by atoms with Crippen molar-refractivity contribution in [3.05, 3.63) is 155 Å². The second-order valence-electron chi connectivity index (χ2n) is 14.9. The van der Waals surface area contributed by atoms with E-state index in [4.69, 9.17) is 0 Å². The Hall–Kier alpha value is -4.26. The van der Waals surface area contributed by atoms with Crippen LogP contribution in [-0.2, 0) is 46.5 Å². The third kappa shape index (κ3) is 10.2. The molecule has 0 bridgehead atoms. The normalized spacial score (nSPS) is 17.9. The molecule has 0 spiro atoms. The largest absolute Gasteiger partial charge is 0.243 e. The fourth-order valence-electron chi connectivity index (χ4n) is 6.97. The lowest BCUT2D eigenvalue weighted by molar-refractivity contribution is 0.225. The molecule has 5 aromatic rings. The first-order valence-corrected chi connectivity index (χ1v) is 25.0. The molecule has 0 aromatic heterocycles. The molecule has 0 saturated carbocycles. The molecule has 1 saturated heterocycles. The lowest BCUT2D eigenvalue weighted by atomic mass is 10.1. The van der Waals surface area contributed by atoms with Gasteiger partial charge in [-0.25, -0.2) is 33.7 Å². The van der Waals surface area contributed by atoms with Gasteiger partial charge in [0.05, 0.1) is 19.6 Å². The molecule has 0 radical (unpaired) electrons. The molecule has 16 heteroatoms. The second-order valence-corrected chi connectivity index (χ2v) is 22.6. The molecule has 0 aliphatic carbocycles. The fourth-order valence-corrected chi connectivity index (χ4v) is 12.9. The van der Waals surface area contributed by atoms with E-state index in [-0.39, 0.29) is 71.8 Å². The zero-order valence-electron chi connectivity index (χ0n) is 33.5. The summed E-state index contributed by atoms with van der Waals surface area (Å²) in [6.45, 7) is 4.76. The molecular formula is C43H50N4O8S4. The minimum atomic E-state index is -4.40. The number of sulfonamides is 4. The van der Waals surface area contributed by atoms with Crippen molar-refractivity contribution in [2.45, 2.75) is 59.7 Å². The minimum absolute atomic E-state index is 0.0339. The van der Waals surface area contributed by atoms with Crippen LogP contribution in [0, 0.1) is 27.7 Å². The van der Waals surface area contributed by atoms with E-state index in [1.165, 1.54) is 52.8 Å². The number of aryl methyl sites for hydroxylation is 4. The molecule has 59 heavy (non-hydrogen) atoms. The van der Waals surface area contributed by atoms with Crippen molar-refractivity contribution in [2.75, 3.05) is 45.8 Å². The summed E-state index contributed by atoms with van der Waals surface area (Å²) in [6, 6.07) is 33.0. The molecule has 1 aliphatic rings. The predicted octanol–water partition coefficient (Wildman–Crippen LogP) is 5.61. The molecule has 314 valence electrons. The van der Waals surface area contributed by atoms with Crippen LogP contribution in [0.4, 0.5) is 0 Å². The summed E-state index contributed by atoms with van der Waals surface area (Å²) in [5.74, 6) is 0. The summed E-state index contributed by atoms with van der Waals surface area (Å²) in [6.07, 6.45) is 0.0575. The fraction of sp³-hybridized carbons (Fsp3) is 0.302. The predicted molar refractivity (Wildman–Crippen MR) is 229 cm³/mol. The van der Waals surface area contributed by atoms with Crippen molar-refractivity contribution in [2.24, 2.45) is 0 Å². The van der Waals surface area contributed by atoms with Gasteiger partial charge in [-0.1, -0.05) is 101 Å². The number of hydrogen-bond donors (Lipinski definition) is 0. The van der Waals surface area contributed by atoms with Gasteiger partial charge in [0.25, 0.3) is 0 Å². The highest BCUT2D eigenvalue weighted by Crippen LogP contribution is 2.27. The van der Waals surface area contributed by atoms with Crippen LogP contribution in [0.3, 0.4) is 0 Å². The molecule has 0 unspecified atom stereocenters. The molecule has 12 nitrogen and oxygen atoms in total. The van der Waals surface area contributed by atoms with Gasteiger partial charge >= 0.3 is 0 Å². The molecule has 1 fully saturated rings. The van der Waals surface area contributed by atoms with E-state index in [9.17, 15) is 33.7 Å². The summed E-state index contributed by atoms with van der Waals surface area (Å²) in [5.41, 5.74) is 4.04. The van der Waals surface area contributed by atoms with Crippen molar-refractivity contribution >= 4 is 40.1 Å². The molecule has 5 aromatic carbocycles. The highest BCUT2D eigenvalue weighted by atomic mass is 32.2. The standard InChI is InChI=1S/C43H50N4O8S4/c1-34-10-18-40(19-11-34)56(48,49)44-26-27-45(57(50,51)41-20-12-35(2)13-21-41)30-31-47(59(54,55)43-24-16-37(4)17-25-43)39(32-38-8-6-5-7-9-38)33-46(29-28-44)58(52,53)42-22-14-36(3)15-23-42/h5-25,39H,26-33H2,1-4H3/t39-/m1/s1. The zero-order valence-corrected chi connectivity index (χ0v) is 36.8. The lowest BCUT2D eigenvalue weighted by Gasteiger charge is -2.37. The van der Waals surface area contributed by atoms with Crippen molar-refractivity contribution in [3.8, 4) is 0 Å². The number of hydrogen-bond acceptors (Lipinski definition) is 8. The van der Waals surface area contributed by atoms with Gasteiger partial charge in [-0.05, 0) is 88.2 Å². The molecule has 1 heterocycles. The number of rotatable bonds is 10. The Labute approximate surface area is 349 Å². The number of nitrogens with zero attached hydrogens (tertiary/aromatic N) is 4. The van der Waals surface area contributed by atoms with Gasteiger partial charge in [0, 0.05) is 51.9 Å². The van der Waals surface area contributed by atoms with E-state index in [1.807, 2.05) is 45.9 Å². The maximum Gasteiger partial charge on any atom is 0.243 e. The monoisotopic (exact) mass is 878 g/mol. The average molecular weight is 879 g/mol. The summed E-state index contributed by atoms with van der Waals surface area (Å²) in [4.78, 5) is -0.143. The van der Waals surface area contributed by atoms with Crippen LogP contribution in [0.15, 0.2) is 147 Å². The number of benzene rings is 5. The van der Waals surface area contributed by atoms with Crippen molar-refractivity contribution < 1.29 is 33.7 Å². The van der Waals surface area contributed by atoms with Gasteiger partial charge in [-0.3, -0.25) is 0 Å². The van der Waals surface area contributed by atoms with Gasteiger partial charge in [0.15, 0.2) is 0 Å². The van der Waals surface area contributed by atoms with E-state index in [0.717, 1.165) is 35.2 Å².